The number of primary amides is 4. The molecule has 0 radical (unpaired) electrons. The molecule has 0 aliphatic carbocycles. The molecule has 0 aromatic carbocycles. The third-order valence-corrected chi connectivity index (χ3v) is 12.2. The normalized spacial score (nSPS) is 15.3. The zero-order valence-electron chi connectivity index (χ0n) is 45.2. The molecule has 0 aromatic rings. The minimum atomic E-state index is -1.60. The lowest BCUT2D eigenvalue weighted by Crippen LogP contribution is -2.60. The first kappa shape index (κ1) is 69.4. The van der Waals surface area contributed by atoms with Gasteiger partial charge in [0.05, 0.1) is 0 Å². The van der Waals surface area contributed by atoms with Gasteiger partial charge in [-0.05, 0) is 96.4 Å². The van der Waals surface area contributed by atoms with Crippen LogP contribution in [0, 0.1) is 0 Å². The molecule has 1 aliphatic heterocycles. The number of carbonyl (C=O) groups is 12. The highest BCUT2D eigenvalue weighted by Crippen LogP contribution is 2.21. The molecule has 80 heavy (non-hydrogen) atoms. The molecule has 1 rings (SSSR count). The second-order valence-electron chi connectivity index (χ2n) is 18.9. The molecule has 8 atom stereocenters. The summed E-state index contributed by atoms with van der Waals surface area (Å²) in [4.78, 5) is 171. The number of likely N-dealkylation sites (tertiary alicyclic amines) is 1. The lowest BCUT2D eigenvalue weighted by molar-refractivity contribution is -0.143. The molecule has 34 nitrogen and oxygen atoms in total. The fourth-order valence-corrected chi connectivity index (χ4v) is 8.13. The molecule has 0 spiro atoms. The Hall–Kier alpha value is -8.59. The summed E-state index contributed by atoms with van der Waals surface area (Å²) in [5.41, 5.74) is 60.1. The third kappa shape index (κ3) is 28.7. The van der Waals surface area contributed by atoms with Gasteiger partial charge in [-0.3, -0.25) is 72.5 Å². The second kappa shape index (κ2) is 37.3. The van der Waals surface area contributed by atoms with Crippen molar-refractivity contribution in [3.8, 4) is 0 Å². The SMILES string of the molecule is CC(=O)N[C@@H](CCC(N)=O)C(=O)N[C@@H](CCCN=C(N)N)C(=O)N[C@@H](CCCN=C(N)N)C(=O)N1CCC[C@H]1C(=O)N[C@@H](CCC(N)=O)C(=O)N[C@@H](CCCN=C(N)N)C(=O)N[C@@H](CCC(N)=O)C(=O)N[C@@H](CCCCN)C(N)=O. The van der Waals surface area contributed by atoms with Gasteiger partial charge in [-0.15, -0.1) is 0 Å². The van der Waals surface area contributed by atoms with E-state index in [0.29, 0.717) is 19.4 Å². The van der Waals surface area contributed by atoms with Crippen molar-refractivity contribution in [1.29, 1.82) is 0 Å². The summed E-state index contributed by atoms with van der Waals surface area (Å²) in [5.74, 6) is -11.0. The lowest BCUT2D eigenvalue weighted by atomic mass is 10.0. The van der Waals surface area contributed by atoms with Gasteiger partial charge in [-0.25, -0.2) is 0 Å². The van der Waals surface area contributed by atoms with Gasteiger partial charge in [0, 0.05) is 52.4 Å². The predicted octanol–water partition coefficient (Wildman–Crippen LogP) is -9.04. The van der Waals surface area contributed by atoms with Gasteiger partial charge in [0.25, 0.3) is 0 Å². The Kier molecular flexibility index (Phi) is 32.3. The molecule has 12 amide bonds. The minimum Gasteiger partial charge on any atom is -0.370 e. The molecule has 34 heteroatoms. The molecule has 0 unspecified atom stereocenters. The van der Waals surface area contributed by atoms with Crippen LogP contribution in [0.3, 0.4) is 0 Å². The number of hydrogen-bond acceptors (Lipinski definition) is 16. The zero-order valence-corrected chi connectivity index (χ0v) is 45.2. The van der Waals surface area contributed by atoms with Gasteiger partial charge in [-0.2, -0.15) is 0 Å². The van der Waals surface area contributed by atoms with Crippen molar-refractivity contribution in [2.75, 3.05) is 32.7 Å². The summed E-state index contributed by atoms with van der Waals surface area (Å²) in [7, 11) is 0. The quantitative estimate of drug-likeness (QED) is 0.0154. The molecule has 0 saturated carbocycles. The monoisotopic (exact) mass is 1140 g/mol. The largest absolute Gasteiger partial charge is 0.370 e. The summed E-state index contributed by atoms with van der Waals surface area (Å²) in [6.07, 6.45) is -0.923. The fourth-order valence-electron chi connectivity index (χ4n) is 8.13. The molecule has 29 N–H and O–H groups in total. The number of rotatable bonds is 40. The van der Waals surface area contributed by atoms with Crippen molar-refractivity contribution in [2.24, 2.45) is 78.0 Å². The Labute approximate surface area is 462 Å². The Bertz CT molecular complexity index is 2240. The van der Waals surface area contributed by atoms with Crippen LogP contribution < -0.4 is 100 Å². The molecule has 1 saturated heterocycles. The van der Waals surface area contributed by atoms with E-state index in [9.17, 15) is 57.5 Å². The average Bonchev–Trinajstić information content (AvgIpc) is 3.88. The Morgan fingerprint density at radius 2 is 0.775 bits per heavy atom. The third-order valence-electron chi connectivity index (χ3n) is 12.2. The van der Waals surface area contributed by atoms with E-state index >= 15 is 0 Å². The van der Waals surface area contributed by atoms with Crippen molar-refractivity contribution in [2.45, 2.75) is 164 Å². The van der Waals surface area contributed by atoms with Crippen LogP contribution in [-0.4, -0.2) is 175 Å². The van der Waals surface area contributed by atoms with Gasteiger partial charge >= 0.3 is 0 Å². The number of nitrogens with two attached hydrogens (primary N) is 11. The molecule has 1 aliphatic rings. The second-order valence-corrected chi connectivity index (χ2v) is 18.9. The van der Waals surface area contributed by atoms with E-state index in [2.05, 4.69) is 52.2 Å². The highest BCUT2D eigenvalue weighted by Gasteiger charge is 2.40. The van der Waals surface area contributed by atoms with Crippen molar-refractivity contribution in [1.82, 2.24) is 42.1 Å². The fraction of sp³-hybridized carbons (Fsp3) is 0.674. The van der Waals surface area contributed by atoms with E-state index in [1.807, 2.05) is 0 Å². The number of hydrogen-bond donors (Lipinski definition) is 18. The van der Waals surface area contributed by atoms with E-state index in [1.54, 1.807) is 0 Å². The molecule has 1 heterocycles. The smallest absolute Gasteiger partial charge is 0.245 e. The van der Waals surface area contributed by atoms with Crippen molar-refractivity contribution in [3.05, 3.63) is 0 Å². The number of guanidine groups is 3. The van der Waals surface area contributed by atoms with Gasteiger partial charge in [0.1, 0.15) is 48.3 Å². The molecule has 0 bridgehead atoms. The first-order valence-electron chi connectivity index (χ1n) is 26.1. The van der Waals surface area contributed by atoms with Crippen LogP contribution in [0.25, 0.3) is 0 Å². The van der Waals surface area contributed by atoms with Crippen molar-refractivity contribution in [3.63, 3.8) is 0 Å². The number of carbonyl (C=O) groups excluding carboxylic acids is 12. The summed E-state index contributed by atoms with van der Waals surface area (Å²) < 4.78 is 0. The number of nitrogens with zero attached hydrogens (tertiary/aromatic N) is 4. The molecule has 0 aromatic heterocycles. The summed E-state index contributed by atoms with van der Waals surface area (Å²) in [6, 6.07) is -11.2. The standard InChI is InChI=1S/C46H84N22O12/c1-24(69)61-28(13-16-33(48)70)39(76)63-27(10-5-21-59-45(54)55)38(75)67-31(11-6-22-60-46(56)57)43(80)68-23-7-12-32(68)42(79)66-30(15-18-35(50)72)41(78)64-26(9-4-20-58-44(52)53)37(74)65-29(14-17-34(49)71)40(77)62-25(36(51)73)8-2-3-19-47/h25-32H,2-23,47H2,1H3,(H2,48,70)(H2,49,71)(H2,50,72)(H2,51,73)(H,61,69)(H,62,77)(H,63,76)(H,64,78)(H,65,74)(H,66,79)(H,67,75)(H4,52,53,58)(H4,54,55,59)(H4,56,57,60)/t25-,26-,27-,28-,29-,30-,31-,32-/m0/s1. The van der Waals surface area contributed by atoms with E-state index in [1.165, 1.54) is 4.90 Å². The van der Waals surface area contributed by atoms with Crippen LogP contribution in [0.4, 0.5) is 0 Å². The Morgan fingerprint density at radius 1 is 0.438 bits per heavy atom. The number of aliphatic imine (C=N–C) groups is 3. The minimum absolute atomic E-state index is 0.000587. The molecule has 1 fully saturated rings. The van der Waals surface area contributed by atoms with E-state index in [0.717, 1.165) is 6.92 Å². The van der Waals surface area contributed by atoms with Crippen LogP contribution in [0.15, 0.2) is 15.0 Å². The maximum absolute atomic E-state index is 14.6. The summed E-state index contributed by atoms with van der Waals surface area (Å²) in [6.45, 7) is 1.40. The summed E-state index contributed by atoms with van der Waals surface area (Å²) in [5, 5.41) is 17.7. The highest BCUT2D eigenvalue weighted by atomic mass is 16.2. The van der Waals surface area contributed by atoms with Crippen molar-refractivity contribution < 1.29 is 57.5 Å². The van der Waals surface area contributed by atoms with E-state index in [-0.39, 0.29) is 121 Å². The molecular weight excluding hydrogens is 1050 g/mol. The lowest BCUT2D eigenvalue weighted by Gasteiger charge is -2.31. The van der Waals surface area contributed by atoms with Gasteiger partial charge < -0.3 is 105 Å². The average molecular weight is 1140 g/mol. The summed E-state index contributed by atoms with van der Waals surface area (Å²) >= 11 is 0. The highest BCUT2D eigenvalue weighted by molar-refractivity contribution is 5.98. The number of unbranched alkanes of at least 4 members (excludes halogenated alkanes) is 1. The van der Waals surface area contributed by atoms with Crippen molar-refractivity contribution >= 4 is 88.8 Å². The van der Waals surface area contributed by atoms with Crippen LogP contribution in [0.2, 0.25) is 0 Å². The van der Waals surface area contributed by atoms with E-state index in [4.69, 9.17) is 63.1 Å². The number of amides is 12. The van der Waals surface area contributed by atoms with E-state index < -0.39 is 138 Å². The van der Waals surface area contributed by atoms with Crippen LogP contribution in [0.5, 0.6) is 0 Å². The maximum atomic E-state index is 14.6. The Balaban J connectivity index is 3.65. The van der Waals surface area contributed by atoms with Crippen LogP contribution in [-0.2, 0) is 57.5 Å². The van der Waals surface area contributed by atoms with Crippen LogP contribution in [0.1, 0.15) is 116 Å². The van der Waals surface area contributed by atoms with Gasteiger partial charge in [0.15, 0.2) is 17.9 Å². The number of nitrogens with one attached hydrogen (secondary N) is 7. The molecular formula is C46H84N22O12. The maximum Gasteiger partial charge on any atom is 0.245 e. The molecule has 450 valence electrons. The Morgan fingerprint density at radius 3 is 1.14 bits per heavy atom. The first-order chi connectivity index (χ1) is 37.7. The first-order valence-corrected chi connectivity index (χ1v) is 26.1. The van der Waals surface area contributed by atoms with Gasteiger partial charge in [-0.1, -0.05) is 0 Å². The topological polar surface area (TPSA) is 616 Å². The van der Waals surface area contributed by atoms with Gasteiger partial charge in [0.2, 0.25) is 70.9 Å². The predicted molar refractivity (Wildman–Crippen MR) is 291 cm³/mol. The zero-order chi connectivity index (χ0) is 60.5. The van der Waals surface area contributed by atoms with Crippen LogP contribution >= 0.6 is 0 Å².